The van der Waals surface area contributed by atoms with Crippen LogP contribution in [0.5, 0.6) is 11.5 Å². The Hall–Kier alpha value is -1.90. The van der Waals surface area contributed by atoms with Crippen molar-refractivity contribution < 1.29 is 23.1 Å². The Kier molecular flexibility index (Phi) is 5.64. The first-order valence-corrected chi connectivity index (χ1v) is 10.4. The van der Waals surface area contributed by atoms with E-state index in [0.29, 0.717) is 30.8 Å². The van der Waals surface area contributed by atoms with Crippen LogP contribution in [0.1, 0.15) is 19.3 Å². The van der Waals surface area contributed by atoms with Crippen LogP contribution in [0.2, 0.25) is 0 Å². The number of nitrogens with zero attached hydrogens (tertiary/aromatic N) is 1. The van der Waals surface area contributed by atoms with E-state index in [2.05, 4.69) is 15.9 Å². The van der Waals surface area contributed by atoms with Crippen molar-refractivity contribution in [3.8, 4) is 11.5 Å². The maximum absolute atomic E-state index is 12.8. The van der Waals surface area contributed by atoms with Gasteiger partial charge in [-0.25, -0.2) is 8.42 Å². The second-order valence-electron chi connectivity index (χ2n) is 5.97. The normalized spacial score (nSPS) is 18.4. The van der Waals surface area contributed by atoms with Gasteiger partial charge in [0.2, 0.25) is 10.0 Å². The second kappa shape index (κ2) is 7.77. The molecule has 1 atom stereocenters. The lowest BCUT2D eigenvalue weighted by Crippen LogP contribution is -2.47. The third kappa shape index (κ3) is 3.92. The number of benzene rings is 2. The molecule has 8 heteroatoms. The molecule has 0 bridgehead atoms. The van der Waals surface area contributed by atoms with Gasteiger partial charge in [0.05, 0.1) is 9.37 Å². The summed E-state index contributed by atoms with van der Waals surface area (Å²) in [5.74, 6) is -0.00323. The van der Waals surface area contributed by atoms with Gasteiger partial charge in [0.25, 0.3) is 0 Å². The Morgan fingerprint density at radius 2 is 1.81 bits per heavy atom. The molecule has 1 N–H and O–H groups in total. The monoisotopic (exact) mass is 439 g/mol. The zero-order valence-electron chi connectivity index (χ0n) is 13.8. The predicted molar refractivity (Wildman–Crippen MR) is 99.8 cm³/mol. The van der Waals surface area contributed by atoms with Gasteiger partial charge in [0, 0.05) is 6.54 Å². The number of halogens is 1. The molecule has 0 radical (unpaired) electrons. The van der Waals surface area contributed by atoms with E-state index in [0.717, 1.165) is 8.78 Å². The Labute approximate surface area is 160 Å². The van der Waals surface area contributed by atoms with E-state index < -0.39 is 22.0 Å². The number of hydrogen-bond acceptors (Lipinski definition) is 4. The highest BCUT2D eigenvalue weighted by Crippen LogP contribution is 2.31. The van der Waals surface area contributed by atoms with Crippen LogP contribution >= 0.6 is 15.9 Å². The van der Waals surface area contributed by atoms with Gasteiger partial charge in [0.15, 0.2) is 0 Å². The van der Waals surface area contributed by atoms with Crippen molar-refractivity contribution in [1.82, 2.24) is 4.31 Å². The molecule has 3 rings (SSSR count). The second-order valence-corrected chi connectivity index (χ2v) is 8.71. The predicted octanol–water partition coefficient (Wildman–Crippen LogP) is 3.87. The molecule has 0 amide bonds. The van der Waals surface area contributed by atoms with Crippen molar-refractivity contribution in [2.75, 3.05) is 6.54 Å². The van der Waals surface area contributed by atoms with E-state index in [4.69, 9.17) is 4.74 Å². The zero-order valence-corrected chi connectivity index (χ0v) is 16.2. The summed E-state index contributed by atoms with van der Waals surface area (Å²) in [5, 5.41) is 9.32. The lowest BCUT2D eigenvalue weighted by Gasteiger charge is -2.31. The average Bonchev–Trinajstić information content (AvgIpc) is 2.64. The van der Waals surface area contributed by atoms with Crippen LogP contribution < -0.4 is 4.74 Å². The molecule has 0 saturated carbocycles. The summed E-state index contributed by atoms with van der Waals surface area (Å²) in [7, 11) is -3.87. The maximum Gasteiger partial charge on any atom is 0.322 e. The average molecular weight is 440 g/mol. The molecule has 1 heterocycles. The third-order valence-corrected chi connectivity index (χ3v) is 6.81. The minimum Gasteiger partial charge on any atom is -0.480 e. The Bertz CT molecular complexity index is 898. The molecule has 0 aliphatic carbocycles. The zero-order chi connectivity index (χ0) is 18.7. The smallest absolute Gasteiger partial charge is 0.322 e. The van der Waals surface area contributed by atoms with Gasteiger partial charge in [-0.3, -0.25) is 4.79 Å². The fourth-order valence-corrected chi connectivity index (χ4v) is 4.93. The van der Waals surface area contributed by atoms with Gasteiger partial charge < -0.3 is 9.84 Å². The molecule has 2 aromatic rings. The van der Waals surface area contributed by atoms with Crippen molar-refractivity contribution in [3.05, 3.63) is 53.0 Å². The first-order chi connectivity index (χ1) is 12.4. The van der Waals surface area contributed by atoms with Gasteiger partial charge in [-0.05, 0) is 71.6 Å². The van der Waals surface area contributed by atoms with Crippen LogP contribution in [0.15, 0.2) is 57.9 Å². The molecule has 1 aliphatic rings. The maximum atomic E-state index is 12.8. The van der Waals surface area contributed by atoms with Crippen LogP contribution in [0.25, 0.3) is 0 Å². The number of ether oxygens (including phenoxy) is 1. The highest BCUT2D eigenvalue weighted by Gasteiger charge is 2.37. The SMILES string of the molecule is O=C(O)C1CCCCN1S(=O)(=O)c1ccc(Oc2ccccc2Br)cc1. The Balaban J connectivity index is 1.83. The molecule has 0 aromatic heterocycles. The van der Waals surface area contributed by atoms with Crippen molar-refractivity contribution >= 4 is 31.9 Å². The number of carboxylic acids is 1. The molecule has 6 nitrogen and oxygen atoms in total. The van der Waals surface area contributed by atoms with Crippen molar-refractivity contribution in [2.45, 2.75) is 30.2 Å². The van der Waals surface area contributed by atoms with Gasteiger partial charge in [-0.2, -0.15) is 4.31 Å². The number of rotatable bonds is 5. The summed E-state index contributed by atoms with van der Waals surface area (Å²) < 4.78 is 33.3. The fraction of sp³-hybridized carbons (Fsp3) is 0.278. The van der Waals surface area contributed by atoms with Crippen LogP contribution in [-0.2, 0) is 14.8 Å². The highest BCUT2D eigenvalue weighted by molar-refractivity contribution is 9.10. The van der Waals surface area contributed by atoms with Crippen LogP contribution in [-0.4, -0.2) is 36.4 Å². The first kappa shape index (κ1) is 18.9. The summed E-state index contributed by atoms with van der Waals surface area (Å²) in [6.45, 7) is 0.217. The van der Waals surface area contributed by atoms with E-state index in [-0.39, 0.29) is 11.4 Å². The first-order valence-electron chi connectivity index (χ1n) is 8.17. The molecule has 138 valence electrons. The quantitative estimate of drug-likeness (QED) is 0.763. The molecular formula is C18H18BrNO5S. The molecule has 1 unspecified atom stereocenters. The highest BCUT2D eigenvalue weighted by atomic mass is 79.9. The van der Waals surface area contributed by atoms with E-state index in [1.54, 1.807) is 18.2 Å². The van der Waals surface area contributed by atoms with Crippen LogP contribution in [0, 0.1) is 0 Å². The van der Waals surface area contributed by atoms with Gasteiger partial charge in [0.1, 0.15) is 17.5 Å². The summed E-state index contributed by atoms with van der Waals surface area (Å²) in [4.78, 5) is 11.5. The Morgan fingerprint density at radius 3 is 2.46 bits per heavy atom. The van der Waals surface area contributed by atoms with Crippen molar-refractivity contribution in [3.63, 3.8) is 0 Å². The van der Waals surface area contributed by atoms with E-state index in [1.165, 1.54) is 12.1 Å². The fourth-order valence-electron chi connectivity index (χ4n) is 2.91. The number of para-hydroxylation sites is 1. The molecule has 26 heavy (non-hydrogen) atoms. The van der Waals surface area contributed by atoms with Crippen LogP contribution in [0.4, 0.5) is 0 Å². The molecule has 1 fully saturated rings. The largest absolute Gasteiger partial charge is 0.480 e. The van der Waals surface area contributed by atoms with Gasteiger partial charge in [-0.15, -0.1) is 0 Å². The molecule has 1 aliphatic heterocycles. The number of carboxylic acid groups (broad SMARTS) is 1. The lowest BCUT2D eigenvalue weighted by atomic mass is 10.1. The summed E-state index contributed by atoms with van der Waals surface area (Å²) in [6, 6.07) is 12.3. The number of piperidine rings is 1. The number of carbonyl (C=O) groups is 1. The van der Waals surface area contributed by atoms with Gasteiger partial charge >= 0.3 is 5.97 Å². The minimum absolute atomic E-state index is 0.0603. The van der Waals surface area contributed by atoms with E-state index >= 15 is 0 Å². The summed E-state index contributed by atoms with van der Waals surface area (Å²) in [5.41, 5.74) is 0. The van der Waals surface area contributed by atoms with Gasteiger partial charge in [-0.1, -0.05) is 12.1 Å². The summed E-state index contributed by atoms with van der Waals surface area (Å²) >= 11 is 3.39. The van der Waals surface area contributed by atoms with Crippen molar-refractivity contribution in [1.29, 1.82) is 0 Å². The third-order valence-electron chi connectivity index (χ3n) is 4.23. The van der Waals surface area contributed by atoms with Crippen LogP contribution in [0.3, 0.4) is 0 Å². The topological polar surface area (TPSA) is 83.9 Å². The molecule has 1 saturated heterocycles. The molecule has 2 aromatic carbocycles. The minimum atomic E-state index is -3.87. The van der Waals surface area contributed by atoms with E-state index in [1.807, 2.05) is 18.2 Å². The number of sulfonamides is 1. The Morgan fingerprint density at radius 1 is 1.12 bits per heavy atom. The standard InChI is InChI=1S/C18H18BrNO5S/c19-15-5-1-2-7-17(15)25-13-8-10-14(11-9-13)26(23,24)20-12-4-3-6-16(20)18(21)22/h1-2,5,7-11,16H,3-4,6,12H2,(H,21,22). The molecule has 0 spiro atoms. The molecular weight excluding hydrogens is 422 g/mol. The van der Waals surface area contributed by atoms with Crippen molar-refractivity contribution in [2.24, 2.45) is 0 Å². The number of aliphatic carboxylic acids is 1. The summed E-state index contributed by atoms with van der Waals surface area (Å²) in [6.07, 6.45) is 1.70. The lowest BCUT2D eigenvalue weighted by molar-refractivity contribution is -0.142. The number of hydrogen-bond donors (Lipinski definition) is 1. The van der Waals surface area contributed by atoms with E-state index in [9.17, 15) is 18.3 Å².